The number of hydrazone groups is 1. The van der Waals surface area contributed by atoms with Gasteiger partial charge in [-0.3, -0.25) is 0 Å². The summed E-state index contributed by atoms with van der Waals surface area (Å²) in [5.41, 5.74) is 6.84. The van der Waals surface area contributed by atoms with Crippen LogP contribution in [-0.4, -0.2) is 26.4 Å². The zero-order valence-corrected chi connectivity index (χ0v) is 14.6. The summed E-state index contributed by atoms with van der Waals surface area (Å²) in [7, 11) is 0. The van der Waals surface area contributed by atoms with Crippen LogP contribution in [-0.2, 0) is 0 Å². The number of hydrogen-bond acceptors (Lipinski definition) is 5. The van der Waals surface area contributed by atoms with Gasteiger partial charge >= 0.3 is 0 Å². The second kappa shape index (κ2) is 6.31. The summed E-state index contributed by atoms with van der Waals surface area (Å²) >= 11 is 12.2. The molecule has 4 rings (SSSR count). The van der Waals surface area contributed by atoms with E-state index < -0.39 is 0 Å². The fourth-order valence-corrected chi connectivity index (χ4v) is 3.02. The van der Waals surface area contributed by atoms with Crippen molar-refractivity contribution in [1.82, 2.24) is 20.2 Å². The molecule has 0 amide bonds. The first-order valence-corrected chi connectivity index (χ1v) is 8.23. The van der Waals surface area contributed by atoms with Crippen LogP contribution in [0.2, 0.25) is 10.0 Å². The van der Waals surface area contributed by atoms with E-state index in [1.807, 2.05) is 19.1 Å². The number of H-pyrrole nitrogens is 1. The molecule has 0 fully saturated rings. The third-order valence-electron chi connectivity index (χ3n) is 3.73. The van der Waals surface area contributed by atoms with Crippen molar-refractivity contribution in [3.63, 3.8) is 0 Å². The van der Waals surface area contributed by atoms with Gasteiger partial charge in [0.25, 0.3) is 5.95 Å². The predicted octanol–water partition coefficient (Wildman–Crippen LogP) is 4.57. The van der Waals surface area contributed by atoms with E-state index in [0.29, 0.717) is 21.3 Å². The van der Waals surface area contributed by atoms with Crippen LogP contribution in [0.15, 0.2) is 41.5 Å². The van der Waals surface area contributed by atoms with Crippen molar-refractivity contribution in [3.8, 4) is 0 Å². The molecule has 0 radical (unpaired) electrons. The monoisotopic (exact) mass is 370 g/mol. The molecule has 4 aromatic rings. The Balaban J connectivity index is 1.64. The minimum absolute atomic E-state index is 0.273. The Morgan fingerprint density at radius 1 is 1.12 bits per heavy atom. The molecule has 0 unspecified atom stereocenters. The van der Waals surface area contributed by atoms with Crippen molar-refractivity contribution in [1.29, 1.82) is 0 Å². The van der Waals surface area contributed by atoms with Gasteiger partial charge in [-0.2, -0.15) is 10.1 Å². The molecule has 2 N–H and O–H groups in total. The number of aromatic amines is 1. The van der Waals surface area contributed by atoms with Crippen molar-refractivity contribution < 1.29 is 0 Å². The topological polar surface area (TPSA) is 78.9 Å². The molecule has 0 aliphatic carbocycles. The normalized spacial score (nSPS) is 11.6. The quantitative estimate of drug-likeness (QED) is 0.409. The number of anilines is 1. The minimum atomic E-state index is 0.273. The molecule has 0 saturated heterocycles. The summed E-state index contributed by atoms with van der Waals surface area (Å²) in [6.45, 7) is 2.03. The third-order valence-corrected chi connectivity index (χ3v) is 4.39. The lowest BCUT2D eigenvalue weighted by atomic mass is 10.2. The highest BCUT2D eigenvalue weighted by Gasteiger charge is 2.09. The van der Waals surface area contributed by atoms with Crippen LogP contribution in [0.4, 0.5) is 5.95 Å². The van der Waals surface area contributed by atoms with E-state index in [1.165, 1.54) is 6.21 Å². The Morgan fingerprint density at radius 2 is 1.92 bits per heavy atom. The lowest BCUT2D eigenvalue weighted by Crippen LogP contribution is -1.99. The molecule has 0 saturated carbocycles. The van der Waals surface area contributed by atoms with Crippen molar-refractivity contribution in [3.05, 3.63) is 57.6 Å². The van der Waals surface area contributed by atoms with Crippen LogP contribution in [0.1, 0.15) is 11.1 Å². The zero-order chi connectivity index (χ0) is 17.4. The van der Waals surface area contributed by atoms with E-state index in [2.05, 4.69) is 36.8 Å². The van der Waals surface area contributed by atoms with Crippen LogP contribution in [0.25, 0.3) is 22.1 Å². The smallest absolute Gasteiger partial charge is 0.265 e. The maximum atomic E-state index is 6.10. The summed E-state index contributed by atoms with van der Waals surface area (Å²) in [4.78, 5) is 7.62. The van der Waals surface area contributed by atoms with Crippen molar-refractivity contribution in [2.75, 3.05) is 5.43 Å². The first-order valence-electron chi connectivity index (χ1n) is 7.47. The van der Waals surface area contributed by atoms with E-state index in [0.717, 1.165) is 22.0 Å². The highest BCUT2D eigenvalue weighted by Crippen LogP contribution is 2.24. The number of halogens is 2. The zero-order valence-electron chi connectivity index (χ0n) is 13.1. The van der Waals surface area contributed by atoms with E-state index in [1.54, 1.807) is 18.2 Å². The van der Waals surface area contributed by atoms with E-state index in [4.69, 9.17) is 23.2 Å². The molecule has 2 aromatic carbocycles. The Hall–Kier alpha value is -2.70. The van der Waals surface area contributed by atoms with Crippen LogP contribution >= 0.6 is 23.2 Å². The minimum Gasteiger partial charge on any atom is -0.338 e. The van der Waals surface area contributed by atoms with Crippen molar-refractivity contribution in [2.45, 2.75) is 6.92 Å². The molecule has 0 bridgehead atoms. The third kappa shape index (κ3) is 3.01. The standard InChI is InChI=1S/C17H12Cl2N6/c1-9-5-6-14-10(7-9)15-16(21-14)22-17(25-23-15)24-20-8-11-12(18)3-2-4-13(11)19/h2-8H,1H3,(H2,21,22,24,25). The van der Waals surface area contributed by atoms with E-state index in [-0.39, 0.29) is 5.95 Å². The Kier molecular flexibility index (Phi) is 3.99. The molecule has 2 aromatic heterocycles. The van der Waals surface area contributed by atoms with Gasteiger partial charge in [0.15, 0.2) is 5.65 Å². The molecule has 0 spiro atoms. The average Bonchev–Trinajstić information content (AvgIpc) is 2.94. The Bertz CT molecular complexity index is 1100. The molecule has 2 heterocycles. The molecule has 124 valence electrons. The highest BCUT2D eigenvalue weighted by atomic mass is 35.5. The molecule has 6 nitrogen and oxygen atoms in total. The first kappa shape index (κ1) is 15.8. The number of aromatic nitrogens is 4. The van der Waals surface area contributed by atoms with Gasteiger partial charge < -0.3 is 4.98 Å². The fourth-order valence-electron chi connectivity index (χ4n) is 2.52. The number of nitrogens with one attached hydrogen (secondary N) is 2. The molecule has 0 atom stereocenters. The SMILES string of the molecule is Cc1ccc2[nH]c3nc(NN=Cc4c(Cl)cccc4Cl)nnc3c2c1. The predicted molar refractivity (Wildman–Crippen MR) is 102 cm³/mol. The van der Waals surface area contributed by atoms with Gasteiger partial charge in [0.1, 0.15) is 5.52 Å². The first-order chi connectivity index (χ1) is 12.1. The van der Waals surface area contributed by atoms with Gasteiger partial charge in [0, 0.05) is 16.5 Å². The number of benzene rings is 2. The number of fused-ring (bicyclic) bond motifs is 3. The summed E-state index contributed by atoms with van der Waals surface area (Å²) in [6.07, 6.45) is 1.52. The van der Waals surface area contributed by atoms with Gasteiger partial charge in [-0.15, -0.1) is 10.2 Å². The van der Waals surface area contributed by atoms with Crippen LogP contribution in [0, 0.1) is 6.92 Å². The maximum absolute atomic E-state index is 6.10. The van der Waals surface area contributed by atoms with Crippen molar-refractivity contribution in [2.24, 2.45) is 5.10 Å². The second-order valence-corrected chi connectivity index (χ2v) is 6.33. The second-order valence-electron chi connectivity index (χ2n) is 5.51. The molecule has 0 aliphatic rings. The fraction of sp³-hybridized carbons (Fsp3) is 0.0588. The lowest BCUT2D eigenvalue weighted by Gasteiger charge is -2.01. The Labute approximate surface area is 152 Å². The number of hydrogen-bond donors (Lipinski definition) is 2. The summed E-state index contributed by atoms with van der Waals surface area (Å²) in [5, 5.41) is 14.4. The van der Waals surface area contributed by atoms with Crippen LogP contribution < -0.4 is 5.43 Å². The molecular formula is C17H12Cl2N6. The average molecular weight is 371 g/mol. The van der Waals surface area contributed by atoms with E-state index in [9.17, 15) is 0 Å². The summed E-state index contributed by atoms with van der Waals surface area (Å²) in [6, 6.07) is 11.3. The Morgan fingerprint density at radius 3 is 2.72 bits per heavy atom. The molecule has 8 heteroatoms. The van der Waals surface area contributed by atoms with Crippen LogP contribution in [0.5, 0.6) is 0 Å². The number of rotatable bonds is 3. The van der Waals surface area contributed by atoms with Gasteiger partial charge in [-0.25, -0.2) is 5.43 Å². The largest absolute Gasteiger partial charge is 0.338 e. The summed E-state index contributed by atoms with van der Waals surface area (Å²) in [5.74, 6) is 0.273. The van der Waals surface area contributed by atoms with Gasteiger partial charge in [0.2, 0.25) is 0 Å². The van der Waals surface area contributed by atoms with Gasteiger partial charge in [-0.05, 0) is 31.2 Å². The molecular weight excluding hydrogens is 359 g/mol. The van der Waals surface area contributed by atoms with Gasteiger partial charge in [-0.1, -0.05) is 40.9 Å². The summed E-state index contributed by atoms with van der Waals surface area (Å²) < 4.78 is 0. The molecule has 25 heavy (non-hydrogen) atoms. The lowest BCUT2D eigenvalue weighted by molar-refractivity contribution is 1.01. The van der Waals surface area contributed by atoms with Gasteiger partial charge in [0.05, 0.1) is 16.3 Å². The highest BCUT2D eigenvalue weighted by molar-refractivity contribution is 6.38. The maximum Gasteiger partial charge on any atom is 0.265 e. The number of aryl methyl sites for hydroxylation is 1. The van der Waals surface area contributed by atoms with Crippen molar-refractivity contribution >= 4 is 57.4 Å². The van der Waals surface area contributed by atoms with E-state index >= 15 is 0 Å². The molecule has 0 aliphatic heterocycles. The van der Waals surface area contributed by atoms with Crippen LogP contribution in [0.3, 0.4) is 0 Å². The number of nitrogens with zero attached hydrogens (tertiary/aromatic N) is 4.